The summed E-state index contributed by atoms with van der Waals surface area (Å²) in [7, 11) is 0. The van der Waals surface area contributed by atoms with Gasteiger partial charge in [-0.05, 0) is 90.2 Å². The van der Waals surface area contributed by atoms with Gasteiger partial charge in [0, 0.05) is 0 Å². The van der Waals surface area contributed by atoms with E-state index < -0.39 is 0 Å². The number of hydrogen-bond donors (Lipinski definition) is 0. The first kappa shape index (κ1) is 24.8. The monoisotopic (exact) mass is 452 g/mol. The summed E-state index contributed by atoms with van der Waals surface area (Å²) in [6, 6.07) is 27.8. The van der Waals surface area contributed by atoms with Crippen LogP contribution in [0.3, 0.4) is 0 Å². The van der Waals surface area contributed by atoms with Gasteiger partial charge in [-0.1, -0.05) is 119 Å². The minimum absolute atomic E-state index is 0.766. The number of unbranched alkanes of at least 4 members (excludes halogenated alkanes) is 2. The van der Waals surface area contributed by atoms with E-state index in [1.54, 1.807) is 5.56 Å². The van der Waals surface area contributed by atoms with Crippen LogP contribution in [-0.2, 0) is 19.3 Å². The molecule has 1 aliphatic carbocycles. The van der Waals surface area contributed by atoms with Gasteiger partial charge >= 0.3 is 0 Å². The summed E-state index contributed by atoms with van der Waals surface area (Å²) in [5.41, 5.74) is 8.68. The highest BCUT2D eigenvalue weighted by atomic mass is 14.3. The lowest BCUT2D eigenvalue weighted by molar-refractivity contribution is 0.303. The summed E-state index contributed by atoms with van der Waals surface area (Å²) in [6.07, 6.45) is 15.8. The lowest BCUT2D eigenvalue weighted by Gasteiger charge is -2.29. The fraction of sp³-hybridized carbons (Fsp3) is 0.471. The largest absolute Gasteiger partial charge is 0.0654 e. The smallest absolute Gasteiger partial charge is 0.0152 e. The molecule has 1 aliphatic rings. The zero-order chi connectivity index (χ0) is 23.6. The Morgan fingerprint density at radius 3 is 1.97 bits per heavy atom. The van der Waals surface area contributed by atoms with Crippen molar-refractivity contribution in [3.63, 3.8) is 0 Å². The van der Waals surface area contributed by atoms with E-state index in [0.717, 1.165) is 24.7 Å². The Morgan fingerprint density at radius 1 is 0.618 bits per heavy atom. The van der Waals surface area contributed by atoms with E-state index in [-0.39, 0.29) is 0 Å². The molecule has 1 saturated carbocycles. The second-order valence-electron chi connectivity index (χ2n) is 10.6. The molecule has 180 valence electrons. The first-order valence-corrected chi connectivity index (χ1v) is 14.0. The Labute approximate surface area is 208 Å². The molecule has 0 heterocycles. The summed E-state index contributed by atoms with van der Waals surface area (Å²) in [5, 5.41) is 0. The highest BCUT2D eigenvalue weighted by molar-refractivity contribution is 5.67. The maximum absolute atomic E-state index is 2.42. The third kappa shape index (κ3) is 6.84. The van der Waals surface area contributed by atoms with Crippen molar-refractivity contribution in [1.29, 1.82) is 0 Å². The van der Waals surface area contributed by atoms with E-state index in [1.807, 2.05) is 0 Å². The van der Waals surface area contributed by atoms with E-state index in [0.29, 0.717) is 0 Å². The molecule has 0 heteroatoms. The molecule has 3 aromatic rings. The Hall–Kier alpha value is -2.34. The van der Waals surface area contributed by atoms with Crippen LogP contribution in [-0.4, -0.2) is 0 Å². The Kier molecular flexibility index (Phi) is 9.43. The maximum atomic E-state index is 2.42. The highest BCUT2D eigenvalue weighted by Crippen LogP contribution is 2.38. The van der Waals surface area contributed by atoms with Gasteiger partial charge in [-0.25, -0.2) is 0 Å². The molecule has 0 radical (unpaired) electrons. The molecule has 0 aromatic heterocycles. The molecule has 0 bridgehead atoms. The van der Waals surface area contributed by atoms with E-state index in [4.69, 9.17) is 0 Å². The fourth-order valence-corrected chi connectivity index (χ4v) is 5.86. The van der Waals surface area contributed by atoms with E-state index in [2.05, 4.69) is 86.6 Å². The van der Waals surface area contributed by atoms with Crippen molar-refractivity contribution in [2.45, 2.75) is 96.8 Å². The van der Waals surface area contributed by atoms with Crippen molar-refractivity contribution in [2.24, 2.45) is 5.92 Å². The predicted molar refractivity (Wildman–Crippen MR) is 149 cm³/mol. The van der Waals surface area contributed by atoms with Crippen molar-refractivity contribution in [2.75, 3.05) is 0 Å². The van der Waals surface area contributed by atoms with Gasteiger partial charge in [-0.3, -0.25) is 0 Å². The number of aryl methyl sites for hydroxylation is 3. The zero-order valence-corrected chi connectivity index (χ0v) is 21.6. The standard InChI is InChI=1S/C34H44/c1-3-5-6-10-28-17-20-30(21-18-28)31-23-25-33(26-24-31)34-12-8-7-11-32(34)22-19-29-15-13-27(9-4-2)14-16-29/h7-8,11-16,23-26,28,30H,3-6,9-10,17-22H2,1-2H3. The highest BCUT2D eigenvalue weighted by Gasteiger charge is 2.22. The summed E-state index contributed by atoms with van der Waals surface area (Å²) >= 11 is 0. The van der Waals surface area contributed by atoms with E-state index in [9.17, 15) is 0 Å². The fourth-order valence-electron chi connectivity index (χ4n) is 5.86. The molecular weight excluding hydrogens is 408 g/mol. The average Bonchev–Trinajstić information content (AvgIpc) is 2.89. The topological polar surface area (TPSA) is 0 Å². The number of benzene rings is 3. The SMILES string of the molecule is CCCCCC1CCC(c2ccc(-c3ccccc3CCc3ccc(CCC)cc3)cc2)CC1. The van der Waals surface area contributed by atoms with Gasteiger partial charge in [0.15, 0.2) is 0 Å². The molecule has 0 atom stereocenters. The lowest BCUT2D eigenvalue weighted by Crippen LogP contribution is -2.13. The molecule has 0 spiro atoms. The zero-order valence-electron chi connectivity index (χ0n) is 21.6. The van der Waals surface area contributed by atoms with Crippen LogP contribution in [0.5, 0.6) is 0 Å². The molecule has 34 heavy (non-hydrogen) atoms. The van der Waals surface area contributed by atoms with Crippen LogP contribution in [0.25, 0.3) is 11.1 Å². The Balaban J connectivity index is 1.36. The minimum atomic E-state index is 0.766. The van der Waals surface area contributed by atoms with Crippen LogP contribution in [0.4, 0.5) is 0 Å². The van der Waals surface area contributed by atoms with Gasteiger partial charge in [0.2, 0.25) is 0 Å². The van der Waals surface area contributed by atoms with E-state index in [1.165, 1.54) is 92.0 Å². The molecule has 0 nitrogen and oxygen atoms in total. The molecule has 0 N–H and O–H groups in total. The quantitative estimate of drug-likeness (QED) is 0.254. The summed E-state index contributed by atoms with van der Waals surface area (Å²) < 4.78 is 0. The average molecular weight is 453 g/mol. The first-order chi connectivity index (χ1) is 16.8. The summed E-state index contributed by atoms with van der Waals surface area (Å²) in [4.78, 5) is 0. The first-order valence-electron chi connectivity index (χ1n) is 14.0. The van der Waals surface area contributed by atoms with Gasteiger partial charge in [-0.15, -0.1) is 0 Å². The van der Waals surface area contributed by atoms with E-state index >= 15 is 0 Å². The molecule has 0 saturated heterocycles. The Bertz CT molecular complexity index is 971. The Morgan fingerprint density at radius 2 is 1.29 bits per heavy atom. The van der Waals surface area contributed by atoms with Gasteiger partial charge in [0.1, 0.15) is 0 Å². The molecule has 0 unspecified atom stereocenters. The van der Waals surface area contributed by atoms with Crippen LogP contribution in [0, 0.1) is 5.92 Å². The molecular formula is C34H44. The summed E-state index contributed by atoms with van der Waals surface area (Å²) in [5.74, 6) is 1.75. The van der Waals surface area contributed by atoms with Crippen LogP contribution in [0.15, 0.2) is 72.8 Å². The molecule has 0 aliphatic heterocycles. The van der Waals surface area contributed by atoms with Gasteiger partial charge in [0.05, 0.1) is 0 Å². The van der Waals surface area contributed by atoms with Crippen molar-refractivity contribution < 1.29 is 0 Å². The van der Waals surface area contributed by atoms with Gasteiger partial charge in [-0.2, -0.15) is 0 Å². The molecule has 0 amide bonds. The number of hydrogen-bond acceptors (Lipinski definition) is 0. The van der Waals surface area contributed by atoms with Crippen molar-refractivity contribution in [3.05, 3.63) is 95.1 Å². The van der Waals surface area contributed by atoms with Crippen molar-refractivity contribution >= 4 is 0 Å². The minimum Gasteiger partial charge on any atom is -0.0654 e. The predicted octanol–water partition coefficient (Wildman–Crippen LogP) is 9.95. The summed E-state index contributed by atoms with van der Waals surface area (Å²) in [6.45, 7) is 4.56. The number of rotatable bonds is 11. The van der Waals surface area contributed by atoms with Crippen LogP contribution in [0.2, 0.25) is 0 Å². The normalized spacial score (nSPS) is 18.2. The maximum Gasteiger partial charge on any atom is -0.0152 e. The second-order valence-corrected chi connectivity index (χ2v) is 10.6. The van der Waals surface area contributed by atoms with Crippen LogP contribution in [0.1, 0.15) is 99.8 Å². The second kappa shape index (κ2) is 12.9. The molecule has 1 fully saturated rings. The van der Waals surface area contributed by atoms with Crippen molar-refractivity contribution in [1.82, 2.24) is 0 Å². The third-order valence-electron chi connectivity index (χ3n) is 8.02. The van der Waals surface area contributed by atoms with Gasteiger partial charge < -0.3 is 0 Å². The van der Waals surface area contributed by atoms with Crippen LogP contribution >= 0.6 is 0 Å². The van der Waals surface area contributed by atoms with Gasteiger partial charge in [0.25, 0.3) is 0 Å². The molecule has 4 rings (SSSR count). The molecule has 3 aromatic carbocycles. The lowest BCUT2D eigenvalue weighted by atomic mass is 9.77. The van der Waals surface area contributed by atoms with Crippen molar-refractivity contribution in [3.8, 4) is 11.1 Å². The third-order valence-corrected chi connectivity index (χ3v) is 8.02. The van der Waals surface area contributed by atoms with Crippen LogP contribution < -0.4 is 0 Å².